The number of amides is 1. The minimum atomic E-state index is -0.801. The monoisotopic (exact) mass is 272 g/mol. The van der Waals surface area contributed by atoms with Gasteiger partial charge in [-0.3, -0.25) is 14.5 Å². The van der Waals surface area contributed by atoms with E-state index in [9.17, 15) is 9.59 Å². The van der Waals surface area contributed by atoms with Gasteiger partial charge in [-0.15, -0.1) is 0 Å². The first-order valence-corrected chi connectivity index (χ1v) is 6.77. The summed E-state index contributed by atoms with van der Waals surface area (Å²) in [6, 6.07) is -0.0463. The van der Waals surface area contributed by atoms with Gasteiger partial charge < -0.3 is 15.2 Å². The molecule has 0 spiro atoms. The zero-order valence-electron chi connectivity index (χ0n) is 11.7. The first-order valence-electron chi connectivity index (χ1n) is 6.77. The summed E-state index contributed by atoms with van der Waals surface area (Å²) >= 11 is 0. The maximum Gasteiger partial charge on any atom is 0.304 e. The fraction of sp³-hybridized carbons (Fsp3) is 0.846. The smallest absolute Gasteiger partial charge is 0.304 e. The molecule has 1 fully saturated rings. The number of carboxylic acids is 1. The van der Waals surface area contributed by atoms with Crippen molar-refractivity contribution in [2.75, 3.05) is 26.8 Å². The molecule has 0 aliphatic carbocycles. The van der Waals surface area contributed by atoms with Crippen molar-refractivity contribution >= 4 is 11.9 Å². The predicted octanol–water partition coefficient (Wildman–Crippen LogP) is 0.467. The number of hydrogen-bond donors (Lipinski definition) is 2. The van der Waals surface area contributed by atoms with Crippen molar-refractivity contribution in [2.24, 2.45) is 0 Å². The van der Waals surface area contributed by atoms with Gasteiger partial charge in [-0.25, -0.2) is 0 Å². The Balaban J connectivity index is 2.43. The van der Waals surface area contributed by atoms with E-state index in [-0.39, 0.29) is 31.0 Å². The third kappa shape index (κ3) is 6.02. The van der Waals surface area contributed by atoms with Crippen molar-refractivity contribution in [1.29, 1.82) is 0 Å². The molecule has 2 N–H and O–H groups in total. The lowest BCUT2D eigenvalue weighted by atomic mass is 9.99. The Morgan fingerprint density at radius 1 is 1.47 bits per heavy atom. The molecule has 1 aliphatic rings. The molecule has 1 saturated heterocycles. The number of aliphatic carboxylic acids is 1. The second kappa shape index (κ2) is 8.12. The Morgan fingerprint density at radius 3 is 2.84 bits per heavy atom. The van der Waals surface area contributed by atoms with Crippen molar-refractivity contribution in [3.05, 3.63) is 0 Å². The van der Waals surface area contributed by atoms with Gasteiger partial charge in [0.2, 0.25) is 5.91 Å². The molecule has 1 aliphatic heterocycles. The van der Waals surface area contributed by atoms with Crippen LogP contribution in [0.15, 0.2) is 0 Å². The first-order chi connectivity index (χ1) is 9.02. The molecule has 1 rings (SSSR count). The zero-order chi connectivity index (χ0) is 14.3. The van der Waals surface area contributed by atoms with Crippen LogP contribution in [0.25, 0.3) is 0 Å². The highest BCUT2D eigenvalue weighted by molar-refractivity contribution is 5.78. The van der Waals surface area contributed by atoms with E-state index in [1.165, 1.54) is 0 Å². The van der Waals surface area contributed by atoms with Gasteiger partial charge in [0, 0.05) is 19.2 Å². The summed E-state index contributed by atoms with van der Waals surface area (Å²) in [5.41, 5.74) is 0. The Kier molecular flexibility index (Phi) is 6.80. The summed E-state index contributed by atoms with van der Waals surface area (Å²) in [4.78, 5) is 24.7. The number of methoxy groups -OCH3 is 1. The van der Waals surface area contributed by atoms with Crippen molar-refractivity contribution in [3.8, 4) is 0 Å². The van der Waals surface area contributed by atoms with Crippen LogP contribution >= 0.6 is 0 Å². The summed E-state index contributed by atoms with van der Waals surface area (Å²) in [5, 5.41) is 11.7. The lowest BCUT2D eigenvalue weighted by Gasteiger charge is -2.34. The fourth-order valence-electron chi connectivity index (χ4n) is 2.50. The number of nitrogens with one attached hydrogen (secondary N) is 1. The highest BCUT2D eigenvalue weighted by Crippen LogP contribution is 2.19. The molecule has 2 atom stereocenters. The molecule has 0 saturated carbocycles. The van der Waals surface area contributed by atoms with Crippen LogP contribution in [0.3, 0.4) is 0 Å². The van der Waals surface area contributed by atoms with Crippen molar-refractivity contribution in [3.63, 3.8) is 0 Å². The van der Waals surface area contributed by atoms with E-state index >= 15 is 0 Å². The molecule has 0 aromatic carbocycles. The van der Waals surface area contributed by atoms with Crippen LogP contribution in [0.2, 0.25) is 0 Å². The average Bonchev–Trinajstić information content (AvgIpc) is 2.31. The third-order valence-corrected chi connectivity index (χ3v) is 3.33. The third-order valence-electron chi connectivity index (χ3n) is 3.33. The minimum absolute atomic E-state index is 0.0188. The Morgan fingerprint density at radius 2 is 2.21 bits per heavy atom. The molecule has 19 heavy (non-hydrogen) atoms. The van der Waals surface area contributed by atoms with Crippen LogP contribution in [0.4, 0.5) is 0 Å². The lowest BCUT2D eigenvalue weighted by Crippen LogP contribution is -2.48. The van der Waals surface area contributed by atoms with Crippen LogP contribution in [0.5, 0.6) is 0 Å². The zero-order valence-corrected chi connectivity index (χ0v) is 11.7. The summed E-state index contributed by atoms with van der Waals surface area (Å²) in [6.45, 7) is 3.42. The number of rotatable bonds is 7. The molecule has 110 valence electrons. The largest absolute Gasteiger partial charge is 0.481 e. The van der Waals surface area contributed by atoms with Gasteiger partial charge in [0.15, 0.2) is 0 Å². The summed E-state index contributed by atoms with van der Waals surface area (Å²) in [7, 11) is 1.59. The Labute approximate surface area is 114 Å². The standard InChI is InChI=1S/C13H24N2O4/c1-10(9-19-2)14-12(16)8-15-6-4-3-5-11(15)7-13(17)18/h10-11H,3-9H2,1-2H3,(H,14,16)(H,17,18). The van der Waals surface area contributed by atoms with Crippen molar-refractivity contribution < 1.29 is 19.4 Å². The quantitative estimate of drug-likeness (QED) is 0.704. The van der Waals surface area contributed by atoms with Crippen molar-refractivity contribution in [2.45, 2.75) is 44.7 Å². The number of carbonyl (C=O) groups excluding carboxylic acids is 1. The first kappa shape index (κ1) is 15.9. The molecule has 0 bridgehead atoms. The Bertz CT molecular complexity index is 309. The van der Waals surface area contributed by atoms with Crippen LogP contribution < -0.4 is 5.32 Å². The van der Waals surface area contributed by atoms with Crippen LogP contribution in [0.1, 0.15) is 32.6 Å². The van der Waals surface area contributed by atoms with Crippen molar-refractivity contribution in [1.82, 2.24) is 10.2 Å². The van der Waals surface area contributed by atoms with E-state index in [2.05, 4.69) is 5.32 Å². The molecular formula is C13H24N2O4. The number of piperidine rings is 1. The number of hydrogen-bond acceptors (Lipinski definition) is 4. The highest BCUT2D eigenvalue weighted by atomic mass is 16.5. The van der Waals surface area contributed by atoms with Gasteiger partial charge in [-0.05, 0) is 26.3 Å². The molecule has 0 radical (unpaired) electrons. The van der Waals surface area contributed by atoms with E-state index in [0.29, 0.717) is 6.61 Å². The van der Waals surface area contributed by atoms with Gasteiger partial charge in [-0.2, -0.15) is 0 Å². The average molecular weight is 272 g/mol. The maximum absolute atomic E-state index is 11.9. The van der Waals surface area contributed by atoms with Gasteiger partial charge in [0.05, 0.1) is 19.6 Å². The van der Waals surface area contributed by atoms with Gasteiger partial charge in [0.25, 0.3) is 0 Å². The molecule has 0 aromatic rings. The number of carboxylic acid groups (broad SMARTS) is 1. The number of ether oxygens (including phenoxy) is 1. The van der Waals surface area contributed by atoms with E-state index in [1.807, 2.05) is 11.8 Å². The van der Waals surface area contributed by atoms with E-state index in [0.717, 1.165) is 25.8 Å². The second-order valence-corrected chi connectivity index (χ2v) is 5.14. The van der Waals surface area contributed by atoms with E-state index in [4.69, 9.17) is 9.84 Å². The second-order valence-electron chi connectivity index (χ2n) is 5.14. The van der Waals surface area contributed by atoms with Crippen LogP contribution in [-0.4, -0.2) is 60.8 Å². The molecular weight excluding hydrogens is 248 g/mol. The summed E-state index contributed by atoms with van der Waals surface area (Å²) < 4.78 is 4.96. The van der Waals surface area contributed by atoms with E-state index < -0.39 is 5.97 Å². The normalized spacial score (nSPS) is 21.9. The maximum atomic E-state index is 11.9. The molecule has 2 unspecified atom stereocenters. The van der Waals surface area contributed by atoms with Gasteiger partial charge in [0.1, 0.15) is 0 Å². The van der Waals surface area contributed by atoms with Crippen LogP contribution in [-0.2, 0) is 14.3 Å². The highest BCUT2D eigenvalue weighted by Gasteiger charge is 2.26. The number of nitrogens with zero attached hydrogens (tertiary/aromatic N) is 1. The summed E-state index contributed by atoms with van der Waals surface area (Å²) in [5.74, 6) is -0.869. The molecule has 1 heterocycles. The Hall–Kier alpha value is -1.14. The predicted molar refractivity (Wildman–Crippen MR) is 70.9 cm³/mol. The fourth-order valence-corrected chi connectivity index (χ4v) is 2.50. The number of likely N-dealkylation sites (tertiary alicyclic amines) is 1. The molecule has 6 heteroatoms. The van der Waals surface area contributed by atoms with E-state index in [1.54, 1.807) is 7.11 Å². The molecule has 1 amide bonds. The summed E-state index contributed by atoms with van der Waals surface area (Å²) in [6.07, 6.45) is 3.03. The van der Waals surface area contributed by atoms with Crippen LogP contribution in [0, 0.1) is 0 Å². The van der Waals surface area contributed by atoms with Gasteiger partial charge in [-0.1, -0.05) is 6.42 Å². The topological polar surface area (TPSA) is 78.9 Å². The SMILES string of the molecule is COCC(C)NC(=O)CN1CCCCC1CC(=O)O. The minimum Gasteiger partial charge on any atom is -0.481 e. The lowest BCUT2D eigenvalue weighted by molar-refractivity contribution is -0.139. The molecule has 6 nitrogen and oxygen atoms in total. The van der Waals surface area contributed by atoms with Gasteiger partial charge >= 0.3 is 5.97 Å². The number of carbonyl (C=O) groups is 2. The molecule has 0 aromatic heterocycles.